The molecule has 0 saturated carbocycles. The first-order valence-corrected chi connectivity index (χ1v) is 4.48. The number of nitrogen functional groups attached to an aromatic ring is 1. The third-order valence-electron chi connectivity index (χ3n) is 0.962. The van der Waals surface area contributed by atoms with Crippen LogP contribution in [0.2, 0.25) is 0 Å². The van der Waals surface area contributed by atoms with Gasteiger partial charge < -0.3 is 5.73 Å². The molecule has 0 radical (unpaired) electrons. The first-order valence-electron chi connectivity index (χ1n) is 2.57. The van der Waals surface area contributed by atoms with Gasteiger partial charge in [-0.15, -0.1) is 0 Å². The summed E-state index contributed by atoms with van der Waals surface area (Å²) in [7, 11) is 0. The van der Waals surface area contributed by atoms with Gasteiger partial charge >= 0.3 is 0 Å². The number of hydrogen-bond donors (Lipinski definition) is 1. The van der Waals surface area contributed by atoms with Crippen molar-refractivity contribution >= 4 is 37.8 Å². The molecule has 0 bridgehead atoms. The maximum absolute atomic E-state index is 5.34. The van der Waals surface area contributed by atoms with Crippen LogP contribution in [0.5, 0.6) is 0 Å². The zero-order chi connectivity index (χ0) is 7.56. The van der Waals surface area contributed by atoms with Gasteiger partial charge in [0.25, 0.3) is 0 Å². The fraction of sp³-hybridized carbons (Fsp3) is 0.200. The Morgan fingerprint density at radius 2 is 2.30 bits per heavy atom. The molecule has 0 unspecified atom stereocenters. The van der Waals surface area contributed by atoms with E-state index < -0.39 is 0 Å². The second-order valence-corrected chi connectivity index (χ2v) is 3.07. The maximum atomic E-state index is 5.34. The largest absolute Gasteiger partial charge is 0.368 e. The van der Waals surface area contributed by atoms with Gasteiger partial charge in [0.15, 0.2) is 0 Å². The van der Waals surface area contributed by atoms with Gasteiger partial charge in [-0.2, -0.15) is 0 Å². The summed E-state index contributed by atoms with van der Waals surface area (Å²) in [6.07, 6.45) is 1.64. The number of nitrogens with zero attached hydrogens (tertiary/aromatic N) is 2. The van der Waals surface area contributed by atoms with Crippen molar-refractivity contribution < 1.29 is 0 Å². The molecule has 0 fully saturated rings. The standard InChI is InChI=1S/C5H5Br2N3/c6-1-4-3(7)2-9-5(8)10-4/h2H,1H2,(H2,8,9,10). The Morgan fingerprint density at radius 1 is 1.60 bits per heavy atom. The van der Waals surface area contributed by atoms with E-state index in [0.717, 1.165) is 10.2 Å². The third-order valence-corrected chi connectivity index (χ3v) is 2.16. The van der Waals surface area contributed by atoms with Gasteiger partial charge in [0.05, 0.1) is 10.2 Å². The molecular weight excluding hydrogens is 262 g/mol. The van der Waals surface area contributed by atoms with Crippen LogP contribution in [0.15, 0.2) is 10.7 Å². The smallest absolute Gasteiger partial charge is 0.220 e. The van der Waals surface area contributed by atoms with E-state index in [-0.39, 0.29) is 0 Å². The van der Waals surface area contributed by atoms with Gasteiger partial charge in [-0.25, -0.2) is 9.97 Å². The Hall–Kier alpha value is -0.160. The molecule has 2 N–H and O–H groups in total. The van der Waals surface area contributed by atoms with Crippen LogP contribution in [0.1, 0.15) is 5.69 Å². The lowest BCUT2D eigenvalue weighted by molar-refractivity contribution is 1.09. The first kappa shape index (κ1) is 7.94. The van der Waals surface area contributed by atoms with Crippen molar-refractivity contribution in [3.05, 3.63) is 16.4 Å². The lowest BCUT2D eigenvalue weighted by Crippen LogP contribution is -1.97. The Bertz CT molecular complexity index is 238. The fourth-order valence-corrected chi connectivity index (χ4v) is 1.65. The minimum Gasteiger partial charge on any atom is -0.368 e. The summed E-state index contributed by atoms with van der Waals surface area (Å²) in [4.78, 5) is 7.75. The molecule has 1 heterocycles. The van der Waals surface area contributed by atoms with Gasteiger partial charge in [-0.1, -0.05) is 15.9 Å². The molecular formula is C5H5Br2N3. The van der Waals surface area contributed by atoms with Crippen LogP contribution in [0.25, 0.3) is 0 Å². The molecule has 5 heteroatoms. The van der Waals surface area contributed by atoms with Gasteiger partial charge in [-0.05, 0) is 15.9 Å². The monoisotopic (exact) mass is 265 g/mol. The summed E-state index contributed by atoms with van der Waals surface area (Å²) in [5, 5.41) is 0.681. The number of aromatic nitrogens is 2. The number of rotatable bonds is 1. The number of halogens is 2. The zero-order valence-corrected chi connectivity index (χ0v) is 8.18. The summed E-state index contributed by atoms with van der Waals surface area (Å²) in [5.41, 5.74) is 6.21. The van der Waals surface area contributed by atoms with Crippen molar-refractivity contribution in [3.8, 4) is 0 Å². The molecule has 1 aromatic rings. The minimum absolute atomic E-state index is 0.303. The normalized spacial score (nSPS) is 9.80. The van der Waals surface area contributed by atoms with E-state index in [1.807, 2.05) is 0 Å². The van der Waals surface area contributed by atoms with Crippen LogP contribution in [-0.4, -0.2) is 9.97 Å². The van der Waals surface area contributed by atoms with Crippen LogP contribution < -0.4 is 5.73 Å². The van der Waals surface area contributed by atoms with Gasteiger partial charge in [0.1, 0.15) is 0 Å². The summed E-state index contributed by atoms with van der Waals surface area (Å²) in [6, 6.07) is 0. The van der Waals surface area contributed by atoms with Crippen LogP contribution in [-0.2, 0) is 5.33 Å². The average Bonchev–Trinajstić information content (AvgIpc) is 1.94. The lowest BCUT2D eigenvalue weighted by Gasteiger charge is -1.97. The van der Waals surface area contributed by atoms with E-state index in [1.54, 1.807) is 6.20 Å². The second-order valence-electron chi connectivity index (χ2n) is 1.66. The molecule has 0 atom stereocenters. The molecule has 1 rings (SSSR count). The highest BCUT2D eigenvalue weighted by molar-refractivity contribution is 9.10. The Labute approximate surface area is 75.3 Å². The van der Waals surface area contributed by atoms with Gasteiger partial charge in [0.2, 0.25) is 5.95 Å². The van der Waals surface area contributed by atoms with Crippen molar-refractivity contribution in [1.29, 1.82) is 0 Å². The SMILES string of the molecule is Nc1ncc(Br)c(CBr)n1. The van der Waals surface area contributed by atoms with E-state index in [1.165, 1.54) is 0 Å². The average molecular weight is 267 g/mol. The van der Waals surface area contributed by atoms with E-state index in [4.69, 9.17) is 5.73 Å². The summed E-state index contributed by atoms with van der Waals surface area (Å²) in [5.74, 6) is 0.303. The Morgan fingerprint density at radius 3 is 2.80 bits per heavy atom. The number of alkyl halides is 1. The molecule has 0 aliphatic rings. The molecule has 1 aromatic heterocycles. The predicted molar refractivity (Wildman–Crippen MR) is 46.8 cm³/mol. The van der Waals surface area contributed by atoms with E-state index in [2.05, 4.69) is 41.8 Å². The van der Waals surface area contributed by atoms with E-state index >= 15 is 0 Å². The molecule has 10 heavy (non-hydrogen) atoms. The van der Waals surface area contributed by atoms with Crippen molar-refractivity contribution in [2.24, 2.45) is 0 Å². The molecule has 0 aliphatic carbocycles. The third kappa shape index (κ3) is 1.67. The van der Waals surface area contributed by atoms with Crippen molar-refractivity contribution in [2.45, 2.75) is 5.33 Å². The highest BCUT2D eigenvalue weighted by Crippen LogP contribution is 2.15. The molecule has 0 amide bonds. The van der Waals surface area contributed by atoms with E-state index in [9.17, 15) is 0 Å². The minimum atomic E-state index is 0.303. The van der Waals surface area contributed by atoms with Crippen molar-refractivity contribution in [3.63, 3.8) is 0 Å². The number of nitrogens with two attached hydrogens (primary N) is 1. The summed E-state index contributed by atoms with van der Waals surface area (Å²) in [6.45, 7) is 0. The van der Waals surface area contributed by atoms with Crippen LogP contribution in [0.4, 0.5) is 5.95 Å². The molecule has 54 valence electrons. The summed E-state index contributed by atoms with van der Waals surface area (Å²) >= 11 is 6.55. The molecule has 0 spiro atoms. The first-order chi connectivity index (χ1) is 4.74. The molecule has 3 nitrogen and oxygen atoms in total. The molecule has 0 aliphatic heterocycles. The van der Waals surface area contributed by atoms with Gasteiger partial charge in [0, 0.05) is 11.5 Å². The summed E-state index contributed by atoms with van der Waals surface area (Å²) < 4.78 is 0.874. The van der Waals surface area contributed by atoms with Crippen molar-refractivity contribution in [1.82, 2.24) is 9.97 Å². The quantitative estimate of drug-likeness (QED) is 0.788. The predicted octanol–water partition coefficient (Wildman–Crippen LogP) is 1.72. The maximum Gasteiger partial charge on any atom is 0.220 e. The topological polar surface area (TPSA) is 51.8 Å². The molecule has 0 saturated heterocycles. The van der Waals surface area contributed by atoms with Gasteiger partial charge in [-0.3, -0.25) is 0 Å². The fourth-order valence-electron chi connectivity index (χ4n) is 0.512. The van der Waals surface area contributed by atoms with Crippen molar-refractivity contribution in [2.75, 3.05) is 5.73 Å². The highest BCUT2D eigenvalue weighted by atomic mass is 79.9. The Kier molecular flexibility index (Phi) is 2.62. The van der Waals surface area contributed by atoms with Crippen LogP contribution in [0, 0.1) is 0 Å². The number of anilines is 1. The zero-order valence-electron chi connectivity index (χ0n) is 5.01. The highest BCUT2D eigenvalue weighted by Gasteiger charge is 1.99. The molecule has 0 aromatic carbocycles. The number of hydrogen-bond acceptors (Lipinski definition) is 3. The Balaban J connectivity index is 3.09. The second kappa shape index (κ2) is 3.30. The lowest BCUT2D eigenvalue weighted by atomic mass is 10.5. The van der Waals surface area contributed by atoms with Crippen LogP contribution in [0.3, 0.4) is 0 Å². The van der Waals surface area contributed by atoms with E-state index in [0.29, 0.717) is 11.3 Å². The van der Waals surface area contributed by atoms with Crippen LogP contribution >= 0.6 is 31.9 Å².